The monoisotopic (exact) mass is 224 g/mol. The van der Waals surface area contributed by atoms with Crippen LogP contribution < -0.4 is 4.74 Å². The zero-order valence-electron chi connectivity index (χ0n) is 6.64. The van der Waals surface area contributed by atoms with Crippen LogP contribution >= 0.6 is 11.6 Å². The zero-order valence-corrected chi connectivity index (χ0v) is 7.39. The molecule has 0 saturated carbocycles. The minimum absolute atomic E-state index is 0.0867. The number of ether oxygens (including phenoxy) is 1. The molecular formula is C8H4ClF3O2. The summed E-state index contributed by atoms with van der Waals surface area (Å²) in [6.45, 7) is -3.13. The smallest absolute Gasteiger partial charge is 0.387 e. The van der Waals surface area contributed by atoms with Gasteiger partial charge in [-0.15, -0.1) is 0 Å². The first-order valence-electron chi connectivity index (χ1n) is 3.43. The molecule has 0 bridgehead atoms. The molecule has 14 heavy (non-hydrogen) atoms. The molecule has 1 aromatic carbocycles. The highest BCUT2D eigenvalue weighted by molar-refractivity contribution is 6.30. The van der Waals surface area contributed by atoms with Gasteiger partial charge in [0.1, 0.15) is 11.6 Å². The maximum absolute atomic E-state index is 12.9. The van der Waals surface area contributed by atoms with Gasteiger partial charge in [-0.05, 0) is 12.1 Å². The Kier molecular flexibility index (Phi) is 3.35. The van der Waals surface area contributed by atoms with E-state index in [9.17, 15) is 18.0 Å². The van der Waals surface area contributed by atoms with Crippen molar-refractivity contribution in [3.8, 4) is 5.75 Å². The standard InChI is InChI=1S/C8H4ClF3O2/c9-4-1-6(10)5(3-13)7(2-4)14-8(11)12/h1-3,8H. The Morgan fingerprint density at radius 1 is 1.43 bits per heavy atom. The number of aldehydes is 1. The van der Waals surface area contributed by atoms with Gasteiger partial charge in [0.25, 0.3) is 0 Å². The SMILES string of the molecule is O=Cc1c(F)cc(Cl)cc1OC(F)F. The van der Waals surface area contributed by atoms with Gasteiger partial charge in [0.15, 0.2) is 6.29 Å². The van der Waals surface area contributed by atoms with Crippen molar-refractivity contribution in [3.05, 3.63) is 28.5 Å². The molecule has 1 rings (SSSR count). The number of benzene rings is 1. The summed E-state index contributed by atoms with van der Waals surface area (Å²) in [5.74, 6) is -1.57. The highest BCUT2D eigenvalue weighted by Gasteiger charge is 2.14. The largest absolute Gasteiger partial charge is 0.434 e. The Labute approximate surface area is 82.2 Å². The Morgan fingerprint density at radius 2 is 2.07 bits per heavy atom. The molecular weight excluding hydrogens is 221 g/mol. The van der Waals surface area contributed by atoms with Gasteiger partial charge in [0, 0.05) is 5.02 Å². The first-order chi connectivity index (χ1) is 6.54. The predicted molar refractivity (Wildman–Crippen MR) is 43.4 cm³/mol. The first-order valence-corrected chi connectivity index (χ1v) is 3.81. The minimum Gasteiger partial charge on any atom is -0.434 e. The normalized spacial score (nSPS) is 10.4. The second-order valence-corrected chi connectivity index (χ2v) is 2.73. The van der Waals surface area contributed by atoms with Crippen molar-refractivity contribution in [2.24, 2.45) is 0 Å². The summed E-state index contributed by atoms with van der Waals surface area (Å²) < 4.78 is 40.4. The van der Waals surface area contributed by atoms with Crippen LogP contribution in [0.15, 0.2) is 12.1 Å². The lowest BCUT2D eigenvalue weighted by molar-refractivity contribution is -0.0502. The number of alkyl halides is 2. The van der Waals surface area contributed by atoms with Crippen molar-refractivity contribution in [1.82, 2.24) is 0 Å². The summed E-state index contributed by atoms with van der Waals surface area (Å²) >= 11 is 5.38. The van der Waals surface area contributed by atoms with Gasteiger partial charge in [-0.2, -0.15) is 8.78 Å². The summed E-state index contributed by atoms with van der Waals surface area (Å²) in [7, 11) is 0. The third-order valence-electron chi connectivity index (χ3n) is 1.39. The molecule has 0 aliphatic heterocycles. The number of rotatable bonds is 3. The van der Waals surface area contributed by atoms with Crippen molar-refractivity contribution < 1.29 is 22.7 Å². The third-order valence-corrected chi connectivity index (χ3v) is 1.61. The summed E-state index contributed by atoms with van der Waals surface area (Å²) in [6, 6.07) is 1.78. The van der Waals surface area contributed by atoms with Crippen LogP contribution in [0.3, 0.4) is 0 Å². The van der Waals surface area contributed by atoms with E-state index in [0.29, 0.717) is 0 Å². The third kappa shape index (κ3) is 2.38. The average molecular weight is 225 g/mol. The van der Waals surface area contributed by atoms with E-state index in [0.717, 1.165) is 12.1 Å². The second-order valence-electron chi connectivity index (χ2n) is 2.30. The van der Waals surface area contributed by atoms with Gasteiger partial charge in [0.2, 0.25) is 0 Å². The van der Waals surface area contributed by atoms with E-state index in [4.69, 9.17) is 11.6 Å². The molecule has 0 fully saturated rings. The molecule has 0 N–H and O–H groups in total. The van der Waals surface area contributed by atoms with Gasteiger partial charge in [-0.3, -0.25) is 4.79 Å². The molecule has 6 heteroatoms. The summed E-state index contributed by atoms with van der Waals surface area (Å²) in [4.78, 5) is 10.3. The quantitative estimate of drug-likeness (QED) is 0.738. The van der Waals surface area contributed by atoms with E-state index in [1.165, 1.54) is 0 Å². The molecule has 0 radical (unpaired) electrons. The lowest BCUT2D eigenvalue weighted by atomic mass is 10.2. The van der Waals surface area contributed by atoms with E-state index in [2.05, 4.69) is 4.74 Å². The summed E-state index contributed by atoms with van der Waals surface area (Å²) in [6.07, 6.45) is 0.0867. The average Bonchev–Trinajstić information content (AvgIpc) is 2.01. The highest BCUT2D eigenvalue weighted by atomic mass is 35.5. The minimum atomic E-state index is -3.13. The van der Waals surface area contributed by atoms with Gasteiger partial charge >= 0.3 is 6.61 Å². The summed E-state index contributed by atoms with van der Waals surface area (Å²) in [5.41, 5.74) is -0.574. The Hall–Kier alpha value is -1.23. The predicted octanol–water partition coefficient (Wildman–Crippen LogP) is 2.89. The molecule has 76 valence electrons. The van der Waals surface area contributed by atoms with E-state index in [1.54, 1.807) is 0 Å². The van der Waals surface area contributed by atoms with Gasteiger partial charge < -0.3 is 4.74 Å². The topological polar surface area (TPSA) is 26.3 Å². The fourth-order valence-corrected chi connectivity index (χ4v) is 1.06. The molecule has 0 aliphatic rings. The molecule has 0 atom stereocenters. The Morgan fingerprint density at radius 3 is 2.57 bits per heavy atom. The lowest BCUT2D eigenvalue weighted by Gasteiger charge is -2.07. The number of halogens is 4. The fourth-order valence-electron chi connectivity index (χ4n) is 0.869. The molecule has 0 spiro atoms. The van der Waals surface area contributed by atoms with Crippen molar-refractivity contribution in [1.29, 1.82) is 0 Å². The van der Waals surface area contributed by atoms with Crippen LogP contribution in [0.5, 0.6) is 5.75 Å². The molecule has 0 unspecified atom stereocenters. The van der Waals surface area contributed by atoms with Crippen LogP contribution in [-0.2, 0) is 0 Å². The number of hydrogen-bond acceptors (Lipinski definition) is 2. The van der Waals surface area contributed by atoms with Gasteiger partial charge in [-0.1, -0.05) is 11.6 Å². The van der Waals surface area contributed by atoms with E-state index in [1.807, 2.05) is 0 Å². The van der Waals surface area contributed by atoms with E-state index < -0.39 is 23.7 Å². The molecule has 0 saturated heterocycles. The zero-order chi connectivity index (χ0) is 10.7. The van der Waals surface area contributed by atoms with Gasteiger partial charge in [0.05, 0.1) is 5.56 Å². The van der Waals surface area contributed by atoms with Crippen molar-refractivity contribution in [2.75, 3.05) is 0 Å². The first kappa shape index (κ1) is 10.8. The number of carbonyl (C=O) groups excluding carboxylic acids is 1. The Balaban J connectivity index is 3.17. The summed E-state index contributed by atoms with van der Waals surface area (Å²) in [5, 5.41) is -0.122. The van der Waals surface area contributed by atoms with Crippen LogP contribution in [0.2, 0.25) is 5.02 Å². The van der Waals surface area contributed by atoms with Crippen LogP contribution in [0.25, 0.3) is 0 Å². The maximum atomic E-state index is 12.9. The van der Waals surface area contributed by atoms with Crippen molar-refractivity contribution >= 4 is 17.9 Å². The van der Waals surface area contributed by atoms with Crippen LogP contribution in [0, 0.1) is 5.82 Å². The fraction of sp³-hybridized carbons (Fsp3) is 0.125. The van der Waals surface area contributed by atoms with Crippen LogP contribution in [0.1, 0.15) is 10.4 Å². The molecule has 1 aromatic rings. The van der Waals surface area contributed by atoms with Crippen LogP contribution in [0.4, 0.5) is 13.2 Å². The second kappa shape index (κ2) is 4.32. The van der Waals surface area contributed by atoms with Crippen molar-refractivity contribution in [3.63, 3.8) is 0 Å². The van der Waals surface area contributed by atoms with E-state index in [-0.39, 0.29) is 11.3 Å². The maximum Gasteiger partial charge on any atom is 0.387 e. The molecule has 0 aliphatic carbocycles. The Bertz CT molecular complexity index is 355. The number of carbonyl (C=O) groups is 1. The molecule has 2 nitrogen and oxygen atoms in total. The molecule has 0 amide bonds. The van der Waals surface area contributed by atoms with E-state index >= 15 is 0 Å². The van der Waals surface area contributed by atoms with Crippen molar-refractivity contribution in [2.45, 2.75) is 6.61 Å². The molecule has 0 aromatic heterocycles. The lowest BCUT2D eigenvalue weighted by Crippen LogP contribution is -2.05. The number of hydrogen-bond donors (Lipinski definition) is 0. The van der Waals surface area contributed by atoms with Gasteiger partial charge in [-0.25, -0.2) is 4.39 Å². The van der Waals surface area contributed by atoms with Crippen LogP contribution in [-0.4, -0.2) is 12.9 Å². The molecule has 0 heterocycles. The highest BCUT2D eigenvalue weighted by Crippen LogP contribution is 2.26.